The van der Waals surface area contributed by atoms with Crippen molar-refractivity contribution in [3.05, 3.63) is 53.9 Å². The van der Waals surface area contributed by atoms with Crippen molar-refractivity contribution in [2.24, 2.45) is 12.0 Å². The quantitative estimate of drug-likeness (QED) is 0.529. The van der Waals surface area contributed by atoms with E-state index in [9.17, 15) is 8.42 Å². The Kier molecular flexibility index (Phi) is 6.69. The normalized spacial score (nSPS) is 17.9. The average molecular weight is 405 g/mol. The molecular weight excluding hydrogens is 376 g/mol. The van der Waals surface area contributed by atoms with Gasteiger partial charge < -0.3 is 10.2 Å². The van der Waals surface area contributed by atoms with E-state index < -0.39 is 10.0 Å². The highest BCUT2D eigenvalue weighted by atomic mass is 32.2. The molecule has 1 aromatic heterocycles. The first-order valence-electron chi connectivity index (χ1n) is 9.42. The minimum Gasteiger partial charge on any atom is -0.355 e. The summed E-state index contributed by atoms with van der Waals surface area (Å²) in [6.07, 6.45) is 4.99. The van der Waals surface area contributed by atoms with Crippen LogP contribution in [0.5, 0.6) is 0 Å². The number of aryl methyl sites for hydroxylation is 1. The van der Waals surface area contributed by atoms with Crippen LogP contribution in [0, 0.1) is 0 Å². The highest BCUT2D eigenvalue weighted by molar-refractivity contribution is 7.89. The van der Waals surface area contributed by atoms with Gasteiger partial charge in [-0.2, -0.15) is 5.10 Å². The van der Waals surface area contributed by atoms with Crippen LogP contribution in [-0.4, -0.2) is 61.5 Å². The van der Waals surface area contributed by atoms with Gasteiger partial charge in [-0.25, -0.2) is 13.1 Å². The summed E-state index contributed by atoms with van der Waals surface area (Å²) >= 11 is 0. The number of hydrogen-bond donors (Lipinski definition) is 2. The Bertz CT molecular complexity index is 894. The number of guanidine groups is 1. The van der Waals surface area contributed by atoms with Crippen LogP contribution in [0.3, 0.4) is 0 Å². The van der Waals surface area contributed by atoms with Gasteiger partial charge in [0.15, 0.2) is 5.96 Å². The van der Waals surface area contributed by atoms with E-state index in [0.29, 0.717) is 19.0 Å². The van der Waals surface area contributed by atoms with E-state index in [0.717, 1.165) is 31.0 Å². The van der Waals surface area contributed by atoms with Crippen LogP contribution in [-0.2, 0) is 23.6 Å². The molecule has 28 heavy (non-hydrogen) atoms. The molecule has 0 saturated carbocycles. The predicted octanol–water partition coefficient (Wildman–Crippen LogP) is 0.904. The van der Waals surface area contributed by atoms with E-state index >= 15 is 0 Å². The van der Waals surface area contributed by atoms with Gasteiger partial charge in [0.25, 0.3) is 0 Å². The maximum atomic E-state index is 12.2. The first kappa shape index (κ1) is 20.3. The van der Waals surface area contributed by atoms with Gasteiger partial charge in [-0.15, -0.1) is 0 Å². The molecular formula is C19H28N6O2S. The van der Waals surface area contributed by atoms with Crippen molar-refractivity contribution in [2.75, 3.05) is 32.4 Å². The van der Waals surface area contributed by atoms with Crippen LogP contribution < -0.4 is 10.0 Å². The summed E-state index contributed by atoms with van der Waals surface area (Å²) in [4.78, 5) is 6.48. The van der Waals surface area contributed by atoms with Gasteiger partial charge in [0.2, 0.25) is 10.0 Å². The molecule has 2 aromatic rings. The fourth-order valence-electron chi connectivity index (χ4n) is 3.37. The molecule has 0 amide bonds. The molecule has 0 bridgehead atoms. The molecule has 2 heterocycles. The zero-order chi connectivity index (χ0) is 20.0. The number of nitrogens with zero attached hydrogens (tertiary/aromatic N) is 4. The van der Waals surface area contributed by atoms with Gasteiger partial charge in [-0.05, 0) is 17.5 Å². The molecule has 1 aliphatic heterocycles. The molecule has 1 aromatic carbocycles. The molecule has 152 valence electrons. The lowest BCUT2D eigenvalue weighted by molar-refractivity contribution is 0.488. The first-order valence-corrected chi connectivity index (χ1v) is 11.1. The topological polar surface area (TPSA) is 91.6 Å². The monoisotopic (exact) mass is 404 g/mol. The maximum absolute atomic E-state index is 12.2. The minimum absolute atomic E-state index is 0.00126. The molecule has 0 radical (unpaired) electrons. The number of aromatic nitrogens is 2. The smallest absolute Gasteiger partial charge is 0.213 e. The lowest BCUT2D eigenvalue weighted by Crippen LogP contribution is -2.42. The summed E-state index contributed by atoms with van der Waals surface area (Å²) in [7, 11) is 0.288. The molecule has 8 nitrogen and oxygen atoms in total. The molecule has 2 N–H and O–H groups in total. The Labute approximate surface area is 166 Å². The summed E-state index contributed by atoms with van der Waals surface area (Å²) in [6, 6.07) is 9.49. The lowest BCUT2D eigenvalue weighted by atomic mass is 10.0. The van der Waals surface area contributed by atoms with Crippen LogP contribution in [0.2, 0.25) is 0 Å². The fraction of sp³-hybridized carbons (Fsp3) is 0.474. The van der Waals surface area contributed by atoms with Gasteiger partial charge in [-0.3, -0.25) is 9.67 Å². The number of nitrogens with one attached hydrogen (secondary N) is 2. The zero-order valence-corrected chi connectivity index (χ0v) is 17.2. The second-order valence-corrected chi connectivity index (χ2v) is 8.90. The summed E-state index contributed by atoms with van der Waals surface area (Å²) in [5, 5.41) is 7.42. The largest absolute Gasteiger partial charge is 0.355 e. The molecule has 1 fully saturated rings. The maximum Gasteiger partial charge on any atom is 0.213 e. The van der Waals surface area contributed by atoms with Crippen LogP contribution in [0.4, 0.5) is 0 Å². The third-order valence-corrected chi connectivity index (χ3v) is 6.21. The number of benzene rings is 1. The SMILES string of the molecule is CN=C(NCCS(=O)(=O)NCc1ccccc1)N1CCC(c2cnn(C)c2)C1. The van der Waals surface area contributed by atoms with Gasteiger partial charge >= 0.3 is 0 Å². The third kappa shape index (κ3) is 5.56. The molecule has 1 unspecified atom stereocenters. The second-order valence-electron chi connectivity index (χ2n) is 6.98. The third-order valence-electron chi connectivity index (χ3n) is 4.89. The lowest BCUT2D eigenvalue weighted by Gasteiger charge is -2.21. The number of hydrogen-bond acceptors (Lipinski definition) is 4. The predicted molar refractivity (Wildman–Crippen MR) is 111 cm³/mol. The minimum atomic E-state index is -3.36. The van der Waals surface area contributed by atoms with Gasteiger partial charge in [0, 0.05) is 52.4 Å². The molecule has 1 aliphatic rings. The van der Waals surface area contributed by atoms with Crippen molar-refractivity contribution in [1.29, 1.82) is 0 Å². The Hall–Kier alpha value is -2.39. The standard InChI is InChI=1S/C19H28N6O2S/c1-20-19(25-10-8-17(15-25)18-13-22-24(2)14-18)21-9-11-28(26,27)23-12-16-6-4-3-5-7-16/h3-7,13-14,17,23H,8-12,15H2,1-2H3,(H,20,21). The Morgan fingerprint density at radius 3 is 2.79 bits per heavy atom. The van der Waals surface area contributed by atoms with E-state index in [1.165, 1.54) is 5.56 Å². The number of aliphatic imine (C=N–C) groups is 1. The van der Waals surface area contributed by atoms with Crippen LogP contribution in [0.25, 0.3) is 0 Å². The van der Waals surface area contributed by atoms with Crippen molar-refractivity contribution in [3.8, 4) is 0 Å². The second kappa shape index (κ2) is 9.20. The first-order chi connectivity index (χ1) is 13.5. The van der Waals surface area contributed by atoms with E-state index in [1.807, 2.05) is 48.3 Å². The van der Waals surface area contributed by atoms with Crippen molar-refractivity contribution in [1.82, 2.24) is 24.7 Å². The molecule has 1 saturated heterocycles. The van der Waals surface area contributed by atoms with E-state index in [2.05, 4.69) is 31.2 Å². The number of rotatable bonds is 7. The molecule has 0 spiro atoms. The van der Waals surface area contributed by atoms with Gasteiger partial charge in [0.1, 0.15) is 0 Å². The number of sulfonamides is 1. The summed E-state index contributed by atoms with van der Waals surface area (Å²) < 4.78 is 28.9. The van der Waals surface area contributed by atoms with Gasteiger partial charge in [-0.1, -0.05) is 30.3 Å². The molecule has 0 aliphatic carbocycles. The highest BCUT2D eigenvalue weighted by Crippen LogP contribution is 2.26. The van der Waals surface area contributed by atoms with E-state index in [4.69, 9.17) is 0 Å². The zero-order valence-electron chi connectivity index (χ0n) is 16.4. The van der Waals surface area contributed by atoms with Gasteiger partial charge in [0.05, 0.1) is 11.9 Å². The molecule has 1 atom stereocenters. The Morgan fingerprint density at radius 1 is 1.32 bits per heavy atom. The summed E-state index contributed by atoms with van der Waals surface area (Å²) in [5.41, 5.74) is 2.17. The molecule has 3 rings (SSSR count). The fourth-order valence-corrected chi connectivity index (χ4v) is 4.27. The Morgan fingerprint density at radius 2 is 2.11 bits per heavy atom. The van der Waals surface area contributed by atoms with E-state index in [1.54, 1.807) is 7.05 Å². The van der Waals surface area contributed by atoms with Crippen molar-refractivity contribution < 1.29 is 8.42 Å². The van der Waals surface area contributed by atoms with Crippen LogP contribution in [0.1, 0.15) is 23.5 Å². The highest BCUT2D eigenvalue weighted by Gasteiger charge is 2.27. The Balaban J connectivity index is 1.45. The van der Waals surface area contributed by atoms with Crippen LogP contribution >= 0.6 is 0 Å². The average Bonchev–Trinajstić information content (AvgIpc) is 3.34. The van der Waals surface area contributed by atoms with E-state index in [-0.39, 0.29) is 5.75 Å². The summed E-state index contributed by atoms with van der Waals surface area (Å²) in [5.74, 6) is 1.16. The number of likely N-dealkylation sites (tertiary alicyclic amines) is 1. The molecule has 9 heteroatoms. The van der Waals surface area contributed by atoms with Crippen LogP contribution in [0.15, 0.2) is 47.7 Å². The van der Waals surface area contributed by atoms with Crippen molar-refractivity contribution in [3.63, 3.8) is 0 Å². The van der Waals surface area contributed by atoms with Crippen molar-refractivity contribution in [2.45, 2.75) is 18.9 Å². The van der Waals surface area contributed by atoms with Crippen molar-refractivity contribution >= 4 is 16.0 Å². The summed E-state index contributed by atoms with van der Waals surface area (Å²) in [6.45, 7) is 2.35.